The van der Waals surface area contributed by atoms with Gasteiger partial charge in [0.1, 0.15) is 42.7 Å². The summed E-state index contributed by atoms with van der Waals surface area (Å²) in [6.45, 7) is 3.92. The predicted molar refractivity (Wildman–Crippen MR) is 276 cm³/mol. The van der Waals surface area contributed by atoms with Crippen LogP contribution in [0.25, 0.3) is 0 Å². The van der Waals surface area contributed by atoms with Gasteiger partial charge in [-0.3, -0.25) is 13.8 Å². The maximum atomic E-state index is 12.9. The van der Waals surface area contributed by atoms with Gasteiger partial charge in [0.2, 0.25) is 0 Å². The number of unbranched alkanes of at least 4 members (excludes halogenated alkanes) is 9. The molecule has 1 saturated carbocycles. The standard InChI is InChI=1S/C55H89O12P/c1-3-5-7-9-11-13-15-17-19-21-23-24-25-27-29-31-33-35-37-39-41-43-45-64-46-48(47-65-68(62,63)67-55-53(60)51(58)50(57)52(59)54(55)61)66-49(56)44-42-40-38-36-34-32-30-28-26-22-20-18-16-14-12-10-8-6-4-2/h5-8,11-14,17-20,23-24,26-29,33,35,48,50-55,57-61H,3-4,9-10,15-16,21-22,25,30-32,34,36-47H2,1-2H3,(H,62,63)/b7-5-,8-6-,13-11-,14-12-,19-17-,20-18-,24-23-,28-26-,29-27-,35-33-. The van der Waals surface area contributed by atoms with Crippen LogP contribution >= 0.6 is 7.82 Å². The monoisotopic (exact) mass is 973 g/mol. The minimum Gasteiger partial charge on any atom is -0.457 e. The zero-order chi connectivity index (χ0) is 49.8. The molecule has 0 radical (unpaired) electrons. The third-order valence-corrected chi connectivity index (χ3v) is 11.8. The number of phosphoric ester groups is 1. The number of carbonyl (C=O) groups excluding carboxylic acids is 1. The molecule has 6 N–H and O–H groups in total. The van der Waals surface area contributed by atoms with Crippen molar-refractivity contribution in [1.29, 1.82) is 0 Å². The first-order valence-corrected chi connectivity index (χ1v) is 26.9. The molecule has 12 nitrogen and oxygen atoms in total. The van der Waals surface area contributed by atoms with E-state index < -0.39 is 63.1 Å². The Morgan fingerprint density at radius 3 is 1.25 bits per heavy atom. The molecule has 13 heteroatoms. The highest BCUT2D eigenvalue weighted by atomic mass is 31.2. The van der Waals surface area contributed by atoms with E-state index in [1.807, 2.05) is 0 Å². The lowest BCUT2D eigenvalue weighted by molar-refractivity contribution is -0.220. The number of hydrogen-bond donors (Lipinski definition) is 6. The van der Waals surface area contributed by atoms with Gasteiger partial charge in [-0.05, 0) is 103 Å². The molecule has 0 saturated heterocycles. The number of hydrogen-bond acceptors (Lipinski definition) is 11. The van der Waals surface area contributed by atoms with Crippen LogP contribution in [-0.4, -0.2) is 98.9 Å². The zero-order valence-corrected chi connectivity index (χ0v) is 42.2. The Labute approximate surface area is 409 Å². The summed E-state index contributed by atoms with van der Waals surface area (Å²) < 4.78 is 34.2. The first-order chi connectivity index (χ1) is 33.0. The average molecular weight is 973 g/mol. The topological polar surface area (TPSA) is 192 Å². The highest BCUT2D eigenvalue weighted by molar-refractivity contribution is 7.47. The Kier molecular flexibility index (Phi) is 40.4. The SMILES string of the molecule is CC/C=C\C/C=C\C/C=C\C/C=C\C/C=C\C/C=C\CCCCCOCC(COP(=O)(O)OC1C(O)C(O)C(O)C(O)C1O)OC(=O)CCCCCCCC/C=C\C/C=C\C/C=C\C/C=C\CC. The lowest BCUT2D eigenvalue weighted by atomic mass is 9.85. The first-order valence-electron chi connectivity index (χ1n) is 25.4. The van der Waals surface area contributed by atoms with Gasteiger partial charge in [-0.2, -0.15) is 0 Å². The van der Waals surface area contributed by atoms with Gasteiger partial charge >= 0.3 is 13.8 Å². The van der Waals surface area contributed by atoms with E-state index in [0.717, 1.165) is 128 Å². The lowest BCUT2D eigenvalue weighted by Crippen LogP contribution is -2.64. The summed E-state index contributed by atoms with van der Waals surface area (Å²) in [5.74, 6) is -0.509. The number of esters is 1. The molecule has 1 aliphatic carbocycles. The maximum absolute atomic E-state index is 12.9. The van der Waals surface area contributed by atoms with E-state index in [0.29, 0.717) is 13.0 Å². The summed E-state index contributed by atoms with van der Waals surface area (Å²) in [6, 6.07) is 0. The Hall–Kier alpha value is -3.26. The molecule has 0 aromatic rings. The fourth-order valence-corrected chi connectivity index (χ4v) is 7.85. The molecular formula is C55H89O12P. The maximum Gasteiger partial charge on any atom is 0.472 e. The number of carbonyl (C=O) groups is 1. The number of phosphoric acid groups is 1. The molecule has 1 fully saturated rings. The molecule has 1 rings (SSSR count). The van der Waals surface area contributed by atoms with Gasteiger partial charge in [-0.15, -0.1) is 0 Å². The van der Waals surface area contributed by atoms with Crippen molar-refractivity contribution in [2.45, 2.75) is 198 Å². The number of aliphatic hydroxyl groups is 5. The molecule has 0 amide bonds. The molecule has 0 bridgehead atoms. The molecule has 0 aromatic heterocycles. The van der Waals surface area contributed by atoms with Gasteiger partial charge in [-0.25, -0.2) is 4.57 Å². The second-order valence-electron chi connectivity index (χ2n) is 16.9. The predicted octanol–water partition coefficient (Wildman–Crippen LogP) is 11.4. The Morgan fingerprint density at radius 2 is 0.824 bits per heavy atom. The van der Waals surface area contributed by atoms with Crippen molar-refractivity contribution >= 4 is 13.8 Å². The van der Waals surface area contributed by atoms with E-state index in [9.17, 15) is 39.8 Å². The van der Waals surface area contributed by atoms with Gasteiger partial charge in [0, 0.05) is 13.0 Å². The van der Waals surface area contributed by atoms with Crippen molar-refractivity contribution in [2.75, 3.05) is 19.8 Å². The third-order valence-electron chi connectivity index (χ3n) is 10.8. The van der Waals surface area contributed by atoms with Crippen LogP contribution in [0, 0.1) is 0 Å². The molecule has 6 unspecified atom stereocenters. The molecule has 68 heavy (non-hydrogen) atoms. The van der Waals surface area contributed by atoms with Gasteiger partial charge in [-0.1, -0.05) is 167 Å². The molecule has 0 aromatic carbocycles. The van der Waals surface area contributed by atoms with Crippen LogP contribution in [0.5, 0.6) is 0 Å². The number of allylic oxidation sites excluding steroid dienone is 20. The van der Waals surface area contributed by atoms with Crippen molar-refractivity contribution in [3.63, 3.8) is 0 Å². The lowest BCUT2D eigenvalue weighted by Gasteiger charge is -2.41. The van der Waals surface area contributed by atoms with Crippen molar-refractivity contribution < 1.29 is 58.3 Å². The van der Waals surface area contributed by atoms with Crippen LogP contribution in [0.2, 0.25) is 0 Å². The molecule has 0 aliphatic heterocycles. The molecule has 1 aliphatic rings. The highest BCUT2D eigenvalue weighted by Crippen LogP contribution is 2.47. The van der Waals surface area contributed by atoms with Gasteiger partial charge in [0.15, 0.2) is 0 Å². The minimum absolute atomic E-state index is 0.115. The van der Waals surface area contributed by atoms with E-state index in [2.05, 4.69) is 135 Å². The number of ether oxygens (including phenoxy) is 2. The van der Waals surface area contributed by atoms with Gasteiger partial charge in [0.05, 0.1) is 13.2 Å². The van der Waals surface area contributed by atoms with Crippen molar-refractivity contribution in [3.8, 4) is 0 Å². The highest BCUT2D eigenvalue weighted by Gasteiger charge is 2.51. The Morgan fingerprint density at radius 1 is 0.471 bits per heavy atom. The summed E-state index contributed by atoms with van der Waals surface area (Å²) in [5.41, 5.74) is 0. The summed E-state index contributed by atoms with van der Waals surface area (Å²) >= 11 is 0. The van der Waals surface area contributed by atoms with Crippen LogP contribution in [-0.2, 0) is 27.9 Å². The van der Waals surface area contributed by atoms with Crippen LogP contribution in [0.4, 0.5) is 0 Å². The summed E-state index contributed by atoms with van der Waals surface area (Å²) in [4.78, 5) is 23.2. The van der Waals surface area contributed by atoms with Crippen LogP contribution in [0.15, 0.2) is 122 Å². The van der Waals surface area contributed by atoms with E-state index in [-0.39, 0.29) is 13.0 Å². The van der Waals surface area contributed by atoms with Crippen molar-refractivity contribution in [1.82, 2.24) is 0 Å². The number of rotatable bonds is 41. The summed E-state index contributed by atoms with van der Waals surface area (Å²) in [6.07, 6.45) is 51.1. The van der Waals surface area contributed by atoms with Gasteiger partial charge in [0.25, 0.3) is 0 Å². The second-order valence-corrected chi connectivity index (χ2v) is 18.3. The summed E-state index contributed by atoms with van der Waals surface area (Å²) in [5, 5.41) is 50.3. The van der Waals surface area contributed by atoms with E-state index in [1.165, 1.54) is 0 Å². The molecular weight excluding hydrogens is 884 g/mol. The Bertz CT molecular complexity index is 1580. The number of aliphatic hydroxyl groups excluding tert-OH is 5. The smallest absolute Gasteiger partial charge is 0.457 e. The van der Waals surface area contributed by atoms with E-state index in [4.69, 9.17) is 18.5 Å². The van der Waals surface area contributed by atoms with Crippen molar-refractivity contribution in [2.24, 2.45) is 0 Å². The Balaban J connectivity index is 2.41. The first kappa shape index (κ1) is 62.8. The van der Waals surface area contributed by atoms with Crippen LogP contribution in [0.1, 0.15) is 155 Å². The van der Waals surface area contributed by atoms with Crippen LogP contribution < -0.4 is 0 Å². The zero-order valence-electron chi connectivity index (χ0n) is 41.3. The van der Waals surface area contributed by atoms with E-state index in [1.54, 1.807) is 0 Å². The van der Waals surface area contributed by atoms with E-state index >= 15 is 0 Å². The molecule has 0 spiro atoms. The summed E-state index contributed by atoms with van der Waals surface area (Å²) in [7, 11) is -5.05. The van der Waals surface area contributed by atoms with Crippen molar-refractivity contribution in [3.05, 3.63) is 122 Å². The fraction of sp³-hybridized carbons (Fsp3) is 0.618. The minimum atomic E-state index is -5.05. The normalized spacial score (nSPS) is 22.2. The fourth-order valence-electron chi connectivity index (χ4n) is 6.88. The molecule has 6 atom stereocenters. The van der Waals surface area contributed by atoms with Gasteiger partial charge < -0.3 is 39.9 Å². The largest absolute Gasteiger partial charge is 0.472 e. The average Bonchev–Trinajstić information content (AvgIpc) is 3.32. The molecule has 0 heterocycles. The molecule has 386 valence electrons. The quantitative estimate of drug-likeness (QED) is 0.0147. The third kappa shape index (κ3) is 34.9. The van der Waals surface area contributed by atoms with Crippen LogP contribution in [0.3, 0.4) is 0 Å². The second kappa shape index (κ2) is 43.7.